The molecule has 0 amide bonds. The third kappa shape index (κ3) is 8.37. The summed E-state index contributed by atoms with van der Waals surface area (Å²) >= 11 is 6.01. The second-order valence-electron chi connectivity index (χ2n) is 19.4. The highest BCUT2D eigenvalue weighted by Gasteiger charge is 2.68. The van der Waals surface area contributed by atoms with Crippen molar-refractivity contribution in [2.75, 3.05) is 12.9 Å². The van der Waals surface area contributed by atoms with Crippen LogP contribution < -0.4 is 0 Å². The number of fused-ring (bicyclic) bond motifs is 6. The van der Waals surface area contributed by atoms with Crippen molar-refractivity contribution < 1.29 is 61.0 Å². The molecule has 10 aliphatic rings. The lowest BCUT2D eigenvalue weighted by atomic mass is 9.81. The Morgan fingerprint density at radius 3 is 2.33 bits per heavy atom. The molecule has 0 saturated carbocycles. The Hall–Kier alpha value is -1.79. The van der Waals surface area contributed by atoms with Crippen LogP contribution in [-0.2, 0) is 57.3 Å². The number of hydrogen-bond donors (Lipinski definition) is 1. The van der Waals surface area contributed by atoms with Gasteiger partial charge in [0.25, 0.3) is 0 Å². The van der Waals surface area contributed by atoms with E-state index >= 15 is 0 Å². The molecular formula is C46H61ClO13S. The molecule has 15 heteroatoms. The number of methoxy groups -OCH3 is 1. The molecule has 13 nitrogen and oxygen atoms in total. The summed E-state index contributed by atoms with van der Waals surface area (Å²) in [5.74, 6) is -1.51. The molecule has 0 radical (unpaired) electrons. The first-order valence-electron chi connectivity index (χ1n) is 22.6. The van der Waals surface area contributed by atoms with Gasteiger partial charge in [-0.1, -0.05) is 31.7 Å². The zero-order valence-corrected chi connectivity index (χ0v) is 36.7. The number of Topliss-reactive ketones (excluding diaryl/α,β-unsaturated/α-hetero) is 1. The highest BCUT2D eigenvalue weighted by molar-refractivity contribution is 7.91. The van der Waals surface area contributed by atoms with E-state index in [4.69, 9.17) is 54.2 Å². The number of halogens is 1. The second kappa shape index (κ2) is 16.9. The van der Waals surface area contributed by atoms with Gasteiger partial charge in [0, 0.05) is 56.6 Å². The molecule has 1 aromatic carbocycles. The van der Waals surface area contributed by atoms with E-state index in [2.05, 4.69) is 20.1 Å². The minimum Gasteiger partial charge on any atom is -0.392 e. The van der Waals surface area contributed by atoms with Gasteiger partial charge < -0.3 is 47.7 Å². The van der Waals surface area contributed by atoms with Crippen molar-refractivity contribution in [1.82, 2.24) is 0 Å². The highest BCUT2D eigenvalue weighted by atomic mass is 35.5. The fourth-order valence-electron chi connectivity index (χ4n) is 12.2. The van der Waals surface area contributed by atoms with Crippen LogP contribution in [0.5, 0.6) is 0 Å². The summed E-state index contributed by atoms with van der Waals surface area (Å²) in [5.41, 5.74) is 2.08. The fourth-order valence-corrected chi connectivity index (χ4v) is 13.8. The van der Waals surface area contributed by atoms with Gasteiger partial charge in [0.2, 0.25) is 0 Å². The van der Waals surface area contributed by atoms with Crippen molar-refractivity contribution in [3.05, 3.63) is 53.6 Å². The van der Waals surface area contributed by atoms with Crippen LogP contribution in [0.1, 0.15) is 90.4 Å². The lowest BCUT2D eigenvalue weighted by Crippen LogP contribution is -2.61. The van der Waals surface area contributed by atoms with Crippen LogP contribution in [0.3, 0.4) is 0 Å². The largest absolute Gasteiger partial charge is 0.392 e. The highest BCUT2D eigenvalue weighted by Crippen LogP contribution is 2.54. The summed E-state index contributed by atoms with van der Waals surface area (Å²) in [6.45, 7) is 11.1. The first-order valence-corrected chi connectivity index (χ1v) is 24.6. The molecule has 11 rings (SSSR count). The Morgan fingerprint density at radius 1 is 0.803 bits per heavy atom. The van der Waals surface area contributed by atoms with Gasteiger partial charge in [-0.15, -0.1) is 0 Å². The molecule has 10 fully saturated rings. The standard InChI is InChI=1S/C46H61ClO13S/c1-23-15-29-7-11-34-24(2)16-31(53-34)13-14-46-21-39-42(59-46)43-44(58-39)45(60-46)41-35(57-43)12-8-30(55-41)17-27(48)18-33-37(20-36(54-29)25(23)3)56-38(40(33)52-4)19-28(49)22-61(50,51)32-9-5-26(47)6-10-32/h5-6,9-10,23,28-31,33-45,49H,2-3,7-8,11-22H2,1,4H3/t23-,28+,29+,30-,31+,33+,34+,35+,36-,37+,38-,39-,40-,41+,42+,43?,44-,45+,46+/m1/s1. The number of ketones is 1. The molecule has 10 heterocycles. The Bertz CT molecular complexity index is 1950. The summed E-state index contributed by atoms with van der Waals surface area (Å²) in [6, 6.07) is 5.89. The van der Waals surface area contributed by atoms with Crippen molar-refractivity contribution >= 4 is 27.2 Å². The molecular weight excluding hydrogens is 828 g/mol. The molecule has 10 saturated heterocycles. The number of aliphatic hydroxyl groups is 1. The molecule has 0 aliphatic carbocycles. The van der Waals surface area contributed by atoms with Crippen molar-refractivity contribution in [1.29, 1.82) is 0 Å². The molecule has 10 aliphatic heterocycles. The van der Waals surface area contributed by atoms with Gasteiger partial charge in [-0.2, -0.15) is 0 Å². The maximum Gasteiger partial charge on any atom is 0.180 e. The molecule has 1 aromatic rings. The number of ether oxygens (including phenoxy) is 9. The fraction of sp³-hybridized carbons (Fsp3) is 0.761. The summed E-state index contributed by atoms with van der Waals surface area (Å²) < 4.78 is 86.9. The summed E-state index contributed by atoms with van der Waals surface area (Å²) in [7, 11) is -2.26. The number of rotatable bonds is 6. The normalized spacial score (nSPS) is 46.6. The third-order valence-corrected chi connectivity index (χ3v) is 17.4. The van der Waals surface area contributed by atoms with Gasteiger partial charge in [-0.3, -0.25) is 4.79 Å². The van der Waals surface area contributed by atoms with Crippen LogP contribution >= 0.6 is 11.6 Å². The summed E-state index contributed by atoms with van der Waals surface area (Å²) in [5, 5.41) is 11.7. The third-order valence-electron chi connectivity index (χ3n) is 15.3. The predicted octanol–water partition coefficient (Wildman–Crippen LogP) is 5.61. The lowest BCUT2D eigenvalue weighted by Gasteiger charge is -2.47. The van der Waals surface area contributed by atoms with E-state index in [9.17, 15) is 18.3 Å². The molecule has 1 N–H and O–H groups in total. The zero-order chi connectivity index (χ0) is 42.4. The van der Waals surface area contributed by atoms with Crippen LogP contribution in [0.25, 0.3) is 0 Å². The molecule has 61 heavy (non-hydrogen) atoms. The Balaban J connectivity index is 0.909. The maximum absolute atomic E-state index is 14.3. The minimum absolute atomic E-state index is 0.00235. The van der Waals surface area contributed by atoms with Crippen LogP contribution in [0.2, 0.25) is 5.02 Å². The van der Waals surface area contributed by atoms with Gasteiger partial charge in [0.1, 0.15) is 36.3 Å². The van der Waals surface area contributed by atoms with Gasteiger partial charge >= 0.3 is 0 Å². The van der Waals surface area contributed by atoms with E-state index in [1.54, 1.807) is 7.11 Å². The number of sulfone groups is 1. The second-order valence-corrected chi connectivity index (χ2v) is 21.9. The average Bonchev–Trinajstić information content (AvgIpc) is 3.89. The number of benzene rings is 1. The van der Waals surface area contributed by atoms with E-state index < -0.39 is 57.8 Å². The smallest absolute Gasteiger partial charge is 0.180 e. The molecule has 1 spiro atoms. The topological polar surface area (TPSA) is 155 Å². The van der Waals surface area contributed by atoms with E-state index in [0.29, 0.717) is 30.7 Å². The molecule has 19 atom stereocenters. The Labute approximate surface area is 364 Å². The number of carbonyl (C=O) groups is 1. The van der Waals surface area contributed by atoms with Gasteiger partial charge in [-0.05, 0) is 86.3 Å². The lowest BCUT2D eigenvalue weighted by molar-refractivity contribution is -0.292. The number of carbonyl (C=O) groups excluding carboxylic acids is 1. The SMILES string of the molecule is C=C1C[C@@H]2CC[C@@]34C[C@H]5O[C@@H]6C(O[C@H]7CC[C@H](CC(=O)C[C@@H]8[C@@H](OC)[C@@H](C[C@H](O)CS(=O)(=O)c9ccc(Cl)cc9)O[C@H]8C[C@H]8O[C@@H](CC[C@@H]1O2)C[C@@H](C)C8=C)O[C@@H]7[C@@H]6O3)[C@H]5O4. The minimum atomic E-state index is -3.84. The van der Waals surface area contributed by atoms with E-state index in [-0.39, 0.29) is 103 Å². The zero-order valence-electron chi connectivity index (χ0n) is 35.1. The van der Waals surface area contributed by atoms with Gasteiger partial charge in [0.15, 0.2) is 15.6 Å². The van der Waals surface area contributed by atoms with E-state index in [0.717, 1.165) is 49.7 Å². The predicted molar refractivity (Wildman–Crippen MR) is 221 cm³/mol. The first-order chi connectivity index (χ1) is 29.2. The van der Waals surface area contributed by atoms with Crippen molar-refractivity contribution in [3.63, 3.8) is 0 Å². The van der Waals surface area contributed by atoms with E-state index in [1.165, 1.54) is 24.3 Å². The van der Waals surface area contributed by atoms with E-state index in [1.807, 2.05) is 0 Å². The van der Waals surface area contributed by atoms with Crippen LogP contribution in [0, 0.1) is 11.8 Å². The molecule has 336 valence electrons. The van der Waals surface area contributed by atoms with Crippen LogP contribution in [0.4, 0.5) is 0 Å². The first kappa shape index (κ1) is 43.1. The molecule has 1 unspecified atom stereocenters. The maximum atomic E-state index is 14.3. The quantitative estimate of drug-likeness (QED) is 0.353. The van der Waals surface area contributed by atoms with Crippen molar-refractivity contribution in [2.24, 2.45) is 11.8 Å². The van der Waals surface area contributed by atoms with Gasteiger partial charge in [0.05, 0.1) is 77.8 Å². The number of aliphatic hydroxyl groups excluding tert-OH is 1. The van der Waals surface area contributed by atoms with Crippen LogP contribution in [0.15, 0.2) is 53.5 Å². The van der Waals surface area contributed by atoms with Gasteiger partial charge in [-0.25, -0.2) is 8.42 Å². The average molecular weight is 890 g/mol. The number of hydrogen-bond acceptors (Lipinski definition) is 13. The van der Waals surface area contributed by atoms with Crippen molar-refractivity contribution in [3.8, 4) is 0 Å². The van der Waals surface area contributed by atoms with Crippen molar-refractivity contribution in [2.45, 2.75) is 199 Å². The molecule has 0 aromatic heterocycles. The summed E-state index contributed by atoms with van der Waals surface area (Å²) in [6.07, 6.45) is 1.82. The molecule has 12 bridgehead atoms. The van der Waals surface area contributed by atoms with Crippen LogP contribution in [-0.4, -0.2) is 136 Å². The summed E-state index contributed by atoms with van der Waals surface area (Å²) in [4.78, 5) is 14.4. The monoisotopic (exact) mass is 888 g/mol. The Kier molecular flexibility index (Phi) is 11.9. The Morgan fingerprint density at radius 2 is 1.52 bits per heavy atom.